The fraction of sp³-hybridized carbons (Fsp3) is 0.188. The van der Waals surface area contributed by atoms with E-state index in [2.05, 4.69) is 5.32 Å². The molecule has 2 aromatic carbocycles. The Balaban J connectivity index is 2.10. The van der Waals surface area contributed by atoms with Crippen molar-refractivity contribution < 1.29 is 13.2 Å². The molecule has 0 saturated carbocycles. The number of anilines is 1. The van der Waals surface area contributed by atoms with E-state index in [0.29, 0.717) is 21.3 Å². The smallest absolute Gasteiger partial charge is 0.242 e. The van der Waals surface area contributed by atoms with Crippen molar-refractivity contribution in [2.45, 2.75) is 17.9 Å². The molecule has 0 heterocycles. The standard InChI is InChI=1S/C16H14Cl3NO3S/c1-10(16(21)20-13-5-3-12(17)4-6-13)24(22,23)9-11-2-7-14(18)15(19)8-11/h2-8,10H,9H2,1H3,(H,20,21). The van der Waals surface area contributed by atoms with Gasteiger partial charge in [0.25, 0.3) is 0 Å². The van der Waals surface area contributed by atoms with E-state index in [9.17, 15) is 13.2 Å². The number of amides is 1. The second kappa shape index (κ2) is 7.74. The van der Waals surface area contributed by atoms with Crippen molar-refractivity contribution in [1.29, 1.82) is 0 Å². The lowest BCUT2D eigenvalue weighted by molar-refractivity contribution is -0.115. The molecule has 0 aliphatic rings. The predicted octanol–water partition coefficient (Wildman–Crippen LogP) is 4.59. The maximum atomic E-state index is 12.4. The molecule has 1 N–H and O–H groups in total. The summed E-state index contributed by atoms with van der Waals surface area (Å²) < 4.78 is 24.8. The molecule has 4 nitrogen and oxygen atoms in total. The molecule has 1 atom stereocenters. The van der Waals surface area contributed by atoms with Crippen molar-refractivity contribution in [3.05, 3.63) is 63.1 Å². The van der Waals surface area contributed by atoms with Crippen molar-refractivity contribution in [2.75, 3.05) is 5.32 Å². The van der Waals surface area contributed by atoms with Crippen LogP contribution in [0.4, 0.5) is 5.69 Å². The summed E-state index contributed by atoms with van der Waals surface area (Å²) in [5.74, 6) is -0.920. The Hall–Kier alpha value is -1.27. The molecule has 0 saturated heterocycles. The highest BCUT2D eigenvalue weighted by Crippen LogP contribution is 2.24. The molecule has 0 aromatic heterocycles. The summed E-state index contributed by atoms with van der Waals surface area (Å²) >= 11 is 17.5. The number of carbonyl (C=O) groups excluding carboxylic acids is 1. The van der Waals surface area contributed by atoms with Gasteiger partial charge in [-0.1, -0.05) is 40.9 Å². The first-order valence-electron chi connectivity index (χ1n) is 6.91. The largest absolute Gasteiger partial charge is 0.325 e. The summed E-state index contributed by atoms with van der Waals surface area (Å²) in [6.45, 7) is 1.35. The van der Waals surface area contributed by atoms with Gasteiger partial charge in [-0.15, -0.1) is 0 Å². The van der Waals surface area contributed by atoms with Crippen LogP contribution >= 0.6 is 34.8 Å². The fourth-order valence-electron chi connectivity index (χ4n) is 1.93. The molecule has 2 aromatic rings. The van der Waals surface area contributed by atoms with Gasteiger partial charge < -0.3 is 5.32 Å². The van der Waals surface area contributed by atoms with Crippen molar-refractivity contribution in [1.82, 2.24) is 0 Å². The monoisotopic (exact) mass is 405 g/mol. The van der Waals surface area contributed by atoms with E-state index in [0.717, 1.165) is 0 Å². The first kappa shape index (κ1) is 19.1. The Kier molecular flexibility index (Phi) is 6.15. The van der Waals surface area contributed by atoms with Gasteiger partial charge in [-0.05, 0) is 48.9 Å². The van der Waals surface area contributed by atoms with Crippen LogP contribution in [0, 0.1) is 0 Å². The second-order valence-corrected chi connectivity index (χ2v) is 8.77. The molecule has 0 aliphatic heterocycles. The van der Waals surface area contributed by atoms with E-state index in [-0.39, 0.29) is 10.8 Å². The molecule has 0 aliphatic carbocycles. The van der Waals surface area contributed by atoms with Crippen LogP contribution in [0.15, 0.2) is 42.5 Å². The molecule has 8 heteroatoms. The van der Waals surface area contributed by atoms with Crippen LogP contribution in [0.3, 0.4) is 0 Å². The number of nitrogens with one attached hydrogen (secondary N) is 1. The Morgan fingerprint density at radius 2 is 1.67 bits per heavy atom. The zero-order valence-corrected chi connectivity index (χ0v) is 15.7. The van der Waals surface area contributed by atoms with E-state index in [1.165, 1.54) is 19.1 Å². The van der Waals surface area contributed by atoms with Gasteiger partial charge in [0.2, 0.25) is 5.91 Å². The molecule has 2 rings (SSSR count). The van der Waals surface area contributed by atoms with Crippen molar-refractivity contribution in [3.8, 4) is 0 Å². The summed E-state index contributed by atoms with van der Waals surface area (Å²) in [7, 11) is -3.71. The van der Waals surface area contributed by atoms with Gasteiger partial charge in [0.05, 0.1) is 15.8 Å². The summed E-state index contributed by atoms with van der Waals surface area (Å²) in [6.07, 6.45) is 0. The van der Waals surface area contributed by atoms with Crippen LogP contribution in [0.1, 0.15) is 12.5 Å². The van der Waals surface area contributed by atoms with E-state index >= 15 is 0 Å². The van der Waals surface area contributed by atoms with Crippen LogP contribution in [0.25, 0.3) is 0 Å². The highest BCUT2D eigenvalue weighted by molar-refractivity contribution is 7.92. The first-order valence-corrected chi connectivity index (χ1v) is 9.76. The minimum Gasteiger partial charge on any atom is -0.325 e. The topological polar surface area (TPSA) is 63.2 Å². The van der Waals surface area contributed by atoms with Gasteiger partial charge in [-0.2, -0.15) is 0 Å². The van der Waals surface area contributed by atoms with Gasteiger partial charge in [0.15, 0.2) is 9.84 Å². The molecule has 128 valence electrons. The molecule has 0 spiro atoms. The molecular formula is C16H14Cl3NO3S. The number of halogens is 3. The molecule has 0 radical (unpaired) electrons. The quantitative estimate of drug-likeness (QED) is 0.790. The van der Waals surface area contributed by atoms with Gasteiger partial charge in [-0.3, -0.25) is 4.79 Å². The fourth-order valence-corrected chi connectivity index (χ4v) is 3.65. The van der Waals surface area contributed by atoms with Crippen LogP contribution in [0.5, 0.6) is 0 Å². The number of benzene rings is 2. The SMILES string of the molecule is CC(C(=O)Nc1ccc(Cl)cc1)S(=O)(=O)Cc1ccc(Cl)c(Cl)c1. The average Bonchev–Trinajstić information content (AvgIpc) is 2.52. The van der Waals surface area contributed by atoms with Crippen LogP contribution in [0.2, 0.25) is 15.1 Å². The molecular weight excluding hydrogens is 393 g/mol. The van der Waals surface area contributed by atoms with Crippen LogP contribution in [-0.4, -0.2) is 19.6 Å². The summed E-state index contributed by atoms with van der Waals surface area (Å²) in [4.78, 5) is 12.2. The molecule has 1 unspecified atom stereocenters. The summed E-state index contributed by atoms with van der Waals surface area (Å²) in [5.41, 5.74) is 0.941. The number of rotatable bonds is 5. The van der Waals surface area contributed by atoms with Gasteiger partial charge in [0, 0.05) is 10.7 Å². The Labute approximate surface area is 155 Å². The van der Waals surface area contributed by atoms with Gasteiger partial charge >= 0.3 is 0 Å². The minimum atomic E-state index is -3.71. The first-order chi connectivity index (χ1) is 11.2. The zero-order chi connectivity index (χ0) is 17.9. The van der Waals surface area contributed by atoms with E-state index in [1.807, 2.05) is 0 Å². The van der Waals surface area contributed by atoms with Crippen LogP contribution in [-0.2, 0) is 20.4 Å². The molecule has 24 heavy (non-hydrogen) atoms. The third kappa shape index (κ3) is 4.86. The van der Waals surface area contributed by atoms with Gasteiger partial charge in [0.1, 0.15) is 5.25 Å². The third-order valence-electron chi connectivity index (χ3n) is 3.37. The minimum absolute atomic E-state index is 0.266. The van der Waals surface area contributed by atoms with Crippen molar-refractivity contribution in [2.24, 2.45) is 0 Å². The average molecular weight is 407 g/mol. The maximum Gasteiger partial charge on any atom is 0.242 e. The van der Waals surface area contributed by atoms with Crippen LogP contribution < -0.4 is 5.32 Å². The highest BCUT2D eigenvalue weighted by Gasteiger charge is 2.28. The number of sulfone groups is 1. The zero-order valence-electron chi connectivity index (χ0n) is 12.6. The Morgan fingerprint density at radius 1 is 1.04 bits per heavy atom. The highest BCUT2D eigenvalue weighted by atomic mass is 35.5. The third-order valence-corrected chi connectivity index (χ3v) is 6.39. The summed E-state index contributed by atoms with van der Waals surface area (Å²) in [6, 6.07) is 11.0. The Morgan fingerprint density at radius 3 is 2.25 bits per heavy atom. The summed E-state index contributed by atoms with van der Waals surface area (Å²) in [5, 5.41) is 2.46. The lowest BCUT2D eigenvalue weighted by atomic mass is 10.2. The second-order valence-electron chi connectivity index (χ2n) is 5.19. The lowest BCUT2D eigenvalue weighted by Gasteiger charge is -2.14. The molecule has 0 fully saturated rings. The van der Waals surface area contributed by atoms with Crippen molar-refractivity contribution in [3.63, 3.8) is 0 Å². The molecule has 1 amide bonds. The number of carbonyl (C=O) groups is 1. The van der Waals surface area contributed by atoms with E-state index in [4.69, 9.17) is 34.8 Å². The maximum absolute atomic E-state index is 12.4. The number of hydrogen-bond donors (Lipinski definition) is 1. The number of hydrogen-bond acceptors (Lipinski definition) is 3. The molecule has 0 bridgehead atoms. The predicted molar refractivity (Wildman–Crippen MR) is 98.6 cm³/mol. The lowest BCUT2D eigenvalue weighted by Crippen LogP contribution is -2.33. The van der Waals surface area contributed by atoms with Crippen molar-refractivity contribution >= 4 is 56.2 Å². The van der Waals surface area contributed by atoms with E-state index < -0.39 is 21.0 Å². The van der Waals surface area contributed by atoms with E-state index in [1.54, 1.807) is 30.3 Å². The van der Waals surface area contributed by atoms with Gasteiger partial charge in [-0.25, -0.2) is 8.42 Å². The Bertz CT molecular complexity index is 851. The normalized spacial score (nSPS) is 12.7.